The topological polar surface area (TPSA) is 99.5 Å². The molecule has 1 aliphatic heterocycles. The Morgan fingerprint density at radius 3 is 2.25 bits per heavy atom. The van der Waals surface area contributed by atoms with Crippen LogP contribution in [-0.4, -0.2) is 91.2 Å². The van der Waals surface area contributed by atoms with Crippen molar-refractivity contribution in [2.24, 2.45) is 0 Å². The van der Waals surface area contributed by atoms with Crippen molar-refractivity contribution in [3.63, 3.8) is 0 Å². The highest BCUT2D eigenvalue weighted by atomic mass is 16.5. The molecule has 116 valence electrons. The summed E-state index contributed by atoms with van der Waals surface area (Å²) in [6.07, 6.45) is -0.740. The molecule has 0 aliphatic carbocycles. The van der Waals surface area contributed by atoms with Crippen molar-refractivity contribution in [2.75, 3.05) is 47.1 Å². The number of ether oxygens (including phenoxy) is 2. The van der Waals surface area contributed by atoms with Crippen LogP contribution in [0.25, 0.3) is 0 Å². The van der Waals surface area contributed by atoms with Crippen LogP contribution in [-0.2, 0) is 14.3 Å². The molecular formula is C12H22N2O6. The van der Waals surface area contributed by atoms with Crippen LogP contribution in [0.1, 0.15) is 6.42 Å². The Labute approximate surface area is 117 Å². The summed E-state index contributed by atoms with van der Waals surface area (Å²) in [5, 5.41) is 18.7. The van der Waals surface area contributed by atoms with E-state index < -0.39 is 24.1 Å². The molecule has 2 N–H and O–H groups in total. The van der Waals surface area contributed by atoms with Crippen molar-refractivity contribution in [1.82, 2.24) is 9.80 Å². The van der Waals surface area contributed by atoms with E-state index in [0.717, 1.165) is 0 Å². The first-order chi connectivity index (χ1) is 9.51. The summed E-state index contributed by atoms with van der Waals surface area (Å²) in [7, 11) is 3.05. The molecule has 0 aromatic heterocycles. The zero-order chi connectivity index (χ0) is 15.1. The predicted octanol–water partition coefficient (Wildman–Crippen LogP) is -0.779. The van der Waals surface area contributed by atoms with E-state index in [-0.39, 0.29) is 13.0 Å². The molecule has 0 radical (unpaired) electrons. The van der Waals surface area contributed by atoms with Gasteiger partial charge in [-0.1, -0.05) is 0 Å². The van der Waals surface area contributed by atoms with Crippen LogP contribution in [0.4, 0.5) is 4.79 Å². The number of methoxy groups -OCH3 is 2. The van der Waals surface area contributed by atoms with E-state index in [2.05, 4.69) is 0 Å². The number of carbonyl (C=O) groups is 2. The highest BCUT2D eigenvalue weighted by Crippen LogP contribution is 2.20. The van der Waals surface area contributed by atoms with Gasteiger partial charge in [-0.3, -0.25) is 0 Å². The van der Waals surface area contributed by atoms with E-state index in [0.29, 0.717) is 26.3 Å². The van der Waals surface area contributed by atoms with E-state index in [1.165, 1.54) is 24.0 Å². The second-order valence-corrected chi connectivity index (χ2v) is 4.65. The molecule has 1 rings (SSSR count). The van der Waals surface area contributed by atoms with E-state index in [1.807, 2.05) is 0 Å². The number of aliphatic carboxylic acids is 1. The van der Waals surface area contributed by atoms with E-state index in [4.69, 9.17) is 14.6 Å². The van der Waals surface area contributed by atoms with Gasteiger partial charge in [0.15, 0.2) is 0 Å². The summed E-state index contributed by atoms with van der Waals surface area (Å²) in [6.45, 7) is 1.43. The number of hydrogen-bond acceptors (Lipinski definition) is 5. The van der Waals surface area contributed by atoms with Crippen molar-refractivity contribution in [2.45, 2.75) is 18.6 Å². The van der Waals surface area contributed by atoms with Gasteiger partial charge in [0, 0.05) is 40.3 Å². The average molecular weight is 290 g/mol. The first kappa shape index (κ1) is 16.7. The fraction of sp³-hybridized carbons (Fsp3) is 0.833. The molecule has 1 saturated heterocycles. The van der Waals surface area contributed by atoms with Gasteiger partial charge in [0.1, 0.15) is 6.04 Å². The average Bonchev–Trinajstić information content (AvgIpc) is 2.80. The Bertz CT molecular complexity index is 330. The van der Waals surface area contributed by atoms with Gasteiger partial charge in [0.25, 0.3) is 0 Å². The Kier molecular flexibility index (Phi) is 6.69. The van der Waals surface area contributed by atoms with Gasteiger partial charge in [-0.05, 0) is 0 Å². The highest BCUT2D eigenvalue weighted by Gasteiger charge is 2.40. The summed E-state index contributed by atoms with van der Waals surface area (Å²) >= 11 is 0. The monoisotopic (exact) mass is 290 g/mol. The molecule has 0 spiro atoms. The predicted molar refractivity (Wildman–Crippen MR) is 69.5 cm³/mol. The Morgan fingerprint density at radius 1 is 1.25 bits per heavy atom. The minimum Gasteiger partial charge on any atom is -0.480 e. The number of rotatable bonds is 7. The standard InChI is InChI=1S/C12H22N2O6/c1-19-5-3-13(4-6-20-2)12(18)14-8-9(15)7-10(14)11(16)17/h9-10,15H,3-8H2,1-2H3,(H,16,17)/t9-,10-/m0/s1. The molecule has 0 bridgehead atoms. The molecule has 2 atom stereocenters. The minimum atomic E-state index is -1.10. The molecule has 20 heavy (non-hydrogen) atoms. The van der Waals surface area contributed by atoms with Crippen molar-refractivity contribution in [3.05, 3.63) is 0 Å². The molecule has 1 heterocycles. The third kappa shape index (κ3) is 4.32. The summed E-state index contributed by atoms with van der Waals surface area (Å²) in [4.78, 5) is 26.2. The maximum absolute atomic E-state index is 12.4. The lowest BCUT2D eigenvalue weighted by atomic mass is 10.2. The van der Waals surface area contributed by atoms with Gasteiger partial charge in [0.05, 0.1) is 19.3 Å². The molecule has 1 fully saturated rings. The van der Waals surface area contributed by atoms with Crippen LogP contribution >= 0.6 is 0 Å². The van der Waals surface area contributed by atoms with E-state index in [1.54, 1.807) is 0 Å². The molecule has 0 unspecified atom stereocenters. The van der Waals surface area contributed by atoms with Crippen LogP contribution in [0.3, 0.4) is 0 Å². The van der Waals surface area contributed by atoms with Crippen LogP contribution in [0, 0.1) is 0 Å². The van der Waals surface area contributed by atoms with Crippen LogP contribution in [0.2, 0.25) is 0 Å². The summed E-state index contributed by atoms with van der Waals surface area (Å²) in [5.41, 5.74) is 0. The number of hydrogen-bond donors (Lipinski definition) is 2. The van der Waals surface area contributed by atoms with Gasteiger partial charge in [-0.15, -0.1) is 0 Å². The normalized spacial score (nSPS) is 22.1. The summed E-state index contributed by atoms with van der Waals surface area (Å²) in [6, 6.07) is -1.40. The second-order valence-electron chi connectivity index (χ2n) is 4.65. The fourth-order valence-corrected chi connectivity index (χ4v) is 2.15. The minimum absolute atomic E-state index is 0.0340. The molecule has 0 saturated carbocycles. The van der Waals surface area contributed by atoms with Crippen molar-refractivity contribution in [1.29, 1.82) is 0 Å². The number of carboxylic acids is 1. The number of aliphatic hydroxyl groups excluding tert-OH is 1. The van der Waals surface area contributed by atoms with Crippen LogP contribution in [0.15, 0.2) is 0 Å². The maximum atomic E-state index is 12.4. The second kappa shape index (κ2) is 8.03. The number of urea groups is 1. The number of likely N-dealkylation sites (tertiary alicyclic amines) is 1. The van der Waals surface area contributed by atoms with Crippen LogP contribution < -0.4 is 0 Å². The Balaban J connectivity index is 2.73. The SMILES string of the molecule is COCCN(CCOC)C(=O)N1C[C@@H](O)C[C@H]1C(=O)O. The van der Waals surface area contributed by atoms with E-state index >= 15 is 0 Å². The maximum Gasteiger partial charge on any atom is 0.326 e. The first-order valence-corrected chi connectivity index (χ1v) is 6.45. The fourth-order valence-electron chi connectivity index (χ4n) is 2.15. The molecule has 2 amide bonds. The number of carbonyl (C=O) groups excluding carboxylic acids is 1. The molecule has 8 nitrogen and oxygen atoms in total. The largest absolute Gasteiger partial charge is 0.480 e. The quantitative estimate of drug-likeness (QED) is 0.638. The van der Waals surface area contributed by atoms with E-state index in [9.17, 15) is 14.7 Å². The Hall–Kier alpha value is -1.38. The van der Waals surface area contributed by atoms with Crippen molar-refractivity contribution in [3.8, 4) is 0 Å². The van der Waals surface area contributed by atoms with Crippen molar-refractivity contribution < 1.29 is 29.3 Å². The third-order valence-corrected chi connectivity index (χ3v) is 3.21. The van der Waals surface area contributed by atoms with Gasteiger partial charge in [-0.2, -0.15) is 0 Å². The number of carboxylic acid groups (broad SMARTS) is 1. The molecule has 8 heteroatoms. The van der Waals surface area contributed by atoms with Crippen LogP contribution in [0.5, 0.6) is 0 Å². The molecule has 1 aliphatic rings. The Morgan fingerprint density at radius 2 is 1.80 bits per heavy atom. The van der Waals surface area contributed by atoms with Gasteiger partial charge in [-0.25, -0.2) is 9.59 Å². The molecular weight excluding hydrogens is 268 g/mol. The lowest BCUT2D eigenvalue weighted by molar-refractivity contribution is -0.141. The molecule has 0 aromatic rings. The highest BCUT2D eigenvalue weighted by molar-refractivity contribution is 5.83. The zero-order valence-corrected chi connectivity index (χ0v) is 11.8. The number of β-amino-alcohol motifs (C(OH)–C–C–N with tert-alkyl or cyclic N) is 1. The van der Waals surface area contributed by atoms with Crippen molar-refractivity contribution >= 4 is 12.0 Å². The third-order valence-electron chi connectivity index (χ3n) is 3.21. The molecule has 0 aromatic carbocycles. The number of aliphatic hydroxyl groups is 1. The summed E-state index contributed by atoms with van der Waals surface area (Å²) < 4.78 is 9.88. The summed E-state index contributed by atoms with van der Waals surface area (Å²) in [5.74, 6) is -1.10. The van der Waals surface area contributed by atoms with Gasteiger partial charge < -0.3 is 29.5 Å². The lowest BCUT2D eigenvalue weighted by Crippen LogP contribution is -2.49. The van der Waals surface area contributed by atoms with Gasteiger partial charge >= 0.3 is 12.0 Å². The van der Waals surface area contributed by atoms with Gasteiger partial charge in [0.2, 0.25) is 0 Å². The zero-order valence-electron chi connectivity index (χ0n) is 11.8. The first-order valence-electron chi connectivity index (χ1n) is 6.45. The number of amides is 2. The lowest BCUT2D eigenvalue weighted by Gasteiger charge is -2.30. The number of nitrogens with zero attached hydrogens (tertiary/aromatic N) is 2. The smallest absolute Gasteiger partial charge is 0.326 e.